The number of H-pyrrole nitrogens is 1. The summed E-state index contributed by atoms with van der Waals surface area (Å²) in [6.45, 7) is 1.64. The van der Waals surface area contributed by atoms with E-state index >= 15 is 0 Å². The van der Waals surface area contributed by atoms with Crippen LogP contribution in [0, 0.1) is 17.0 Å². The molecule has 0 spiro atoms. The van der Waals surface area contributed by atoms with Gasteiger partial charge in [-0.25, -0.2) is 4.98 Å². The van der Waals surface area contributed by atoms with E-state index in [-0.39, 0.29) is 22.9 Å². The van der Waals surface area contributed by atoms with E-state index in [0.717, 1.165) is 10.4 Å². The normalized spacial score (nSPS) is 11.0. The van der Waals surface area contributed by atoms with Gasteiger partial charge in [-0.15, -0.1) is 34.4 Å². The Morgan fingerprint density at radius 1 is 1.32 bits per heavy atom. The lowest BCUT2D eigenvalue weighted by molar-refractivity contribution is -0.385. The number of nitro benzene ring substituents is 1. The maximum Gasteiger partial charge on any atom is 0.274 e. The smallest absolute Gasteiger partial charge is 0.274 e. The molecular weight excluding hydrogens is 456 g/mol. The highest BCUT2D eigenvalue weighted by Crippen LogP contribution is 2.33. The number of carbonyl (C=O) groups excluding carboxylic acids is 1. The molecule has 31 heavy (non-hydrogen) atoms. The first-order valence-electron chi connectivity index (χ1n) is 9.09. The van der Waals surface area contributed by atoms with Crippen LogP contribution in [-0.2, 0) is 10.5 Å². The van der Waals surface area contributed by atoms with Crippen molar-refractivity contribution < 1.29 is 9.72 Å². The number of amides is 1. The highest BCUT2D eigenvalue weighted by atomic mass is 32.2. The van der Waals surface area contributed by atoms with Crippen molar-refractivity contribution in [2.75, 3.05) is 11.1 Å². The Morgan fingerprint density at radius 2 is 2.16 bits per heavy atom. The molecule has 2 N–H and O–H groups in total. The standard InChI is InChI=1S/C20H16N4O4S3/c1-11-4-5-12(7-14(11)24(27)28)21-17(25)10-29-9-16-22-19(26)18-13(8-31-20(18)23-16)15-3-2-6-30-15/h2-8H,9-10H2,1H3,(H,21,25)(H,22,23,26). The minimum atomic E-state index is -0.480. The van der Waals surface area contributed by atoms with Gasteiger partial charge in [-0.3, -0.25) is 19.7 Å². The molecule has 1 aromatic carbocycles. The zero-order valence-corrected chi connectivity index (χ0v) is 18.7. The second-order valence-electron chi connectivity index (χ2n) is 6.62. The molecule has 0 unspecified atom stereocenters. The molecule has 0 atom stereocenters. The Hall–Kier alpha value is -3.02. The minimum absolute atomic E-state index is 0.0432. The third-order valence-corrected chi connectivity index (χ3v) is 7.16. The van der Waals surface area contributed by atoms with Gasteiger partial charge >= 0.3 is 0 Å². The molecule has 0 saturated carbocycles. The molecule has 0 aliphatic rings. The number of anilines is 1. The highest BCUT2D eigenvalue weighted by Gasteiger charge is 2.15. The first-order valence-corrected chi connectivity index (χ1v) is 12.0. The zero-order chi connectivity index (χ0) is 22.0. The molecule has 3 heterocycles. The number of aryl methyl sites for hydroxylation is 1. The summed E-state index contributed by atoms with van der Waals surface area (Å²) in [7, 11) is 0. The molecule has 4 aromatic rings. The Labute approximate surface area is 188 Å². The first kappa shape index (κ1) is 21.2. The van der Waals surface area contributed by atoms with Gasteiger partial charge in [-0.05, 0) is 24.4 Å². The molecule has 11 heteroatoms. The molecular formula is C20H16N4O4S3. The van der Waals surface area contributed by atoms with Crippen LogP contribution in [0.2, 0.25) is 0 Å². The molecule has 4 rings (SSSR count). The second-order valence-corrected chi connectivity index (χ2v) is 9.41. The Bertz CT molecular complexity index is 1330. The molecule has 0 saturated heterocycles. The summed E-state index contributed by atoms with van der Waals surface area (Å²) < 4.78 is 0. The van der Waals surface area contributed by atoms with Gasteiger partial charge in [0.25, 0.3) is 11.2 Å². The number of rotatable bonds is 7. The van der Waals surface area contributed by atoms with E-state index in [2.05, 4.69) is 15.3 Å². The van der Waals surface area contributed by atoms with Crippen LogP contribution in [0.25, 0.3) is 20.7 Å². The quantitative estimate of drug-likeness (QED) is 0.295. The van der Waals surface area contributed by atoms with Gasteiger partial charge in [0, 0.05) is 33.1 Å². The zero-order valence-electron chi connectivity index (χ0n) is 16.2. The SMILES string of the molecule is Cc1ccc(NC(=O)CSCc2nc3scc(-c4cccs4)c3c(=O)[nH]2)cc1[N+](=O)[O-]. The van der Waals surface area contributed by atoms with Crippen molar-refractivity contribution in [3.63, 3.8) is 0 Å². The monoisotopic (exact) mass is 472 g/mol. The molecule has 0 radical (unpaired) electrons. The van der Waals surface area contributed by atoms with Gasteiger partial charge < -0.3 is 10.3 Å². The number of aromatic nitrogens is 2. The van der Waals surface area contributed by atoms with Gasteiger partial charge in [0.15, 0.2) is 0 Å². The molecule has 158 valence electrons. The van der Waals surface area contributed by atoms with E-state index in [9.17, 15) is 19.7 Å². The predicted octanol–water partition coefficient (Wildman–Crippen LogP) is 4.80. The molecule has 1 amide bonds. The summed E-state index contributed by atoms with van der Waals surface area (Å²) in [6, 6.07) is 8.47. The lowest BCUT2D eigenvalue weighted by atomic mass is 10.2. The van der Waals surface area contributed by atoms with Crippen LogP contribution in [0.4, 0.5) is 11.4 Å². The lowest BCUT2D eigenvalue weighted by Gasteiger charge is -2.06. The van der Waals surface area contributed by atoms with Crippen LogP contribution in [0.15, 0.2) is 45.9 Å². The van der Waals surface area contributed by atoms with Crippen molar-refractivity contribution in [2.24, 2.45) is 0 Å². The Balaban J connectivity index is 1.40. The van der Waals surface area contributed by atoms with Crippen LogP contribution < -0.4 is 10.9 Å². The highest BCUT2D eigenvalue weighted by molar-refractivity contribution is 7.99. The Morgan fingerprint density at radius 3 is 2.90 bits per heavy atom. The number of carbonyl (C=O) groups is 1. The third-order valence-electron chi connectivity index (χ3n) is 4.44. The molecule has 3 aromatic heterocycles. The maximum absolute atomic E-state index is 12.6. The lowest BCUT2D eigenvalue weighted by Crippen LogP contribution is -2.15. The summed E-state index contributed by atoms with van der Waals surface area (Å²) in [5.74, 6) is 0.691. The van der Waals surface area contributed by atoms with E-state index < -0.39 is 4.92 Å². The van der Waals surface area contributed by atoms with Gasteiger partial charge in [0.2, 0.25) is 5.91 Å². The van der Waals surface area contributed by atoms with E-state index in [1.807, 2.05) is 22.9 Å². The summed E-state index contributed by atoms with van der Waals surface area (Å²) in [5, 5.41) is 18.2. The van der Waals surface area contributed by atoms with Crippen molar-refractivity contribution in [1.29, 1.82) is 0 Å². The fraction of sp³-hybridized carbons (Fsp3) is 0.150. The number of fused-ring (bicyclic) bond motifs is 1. The van der Waals surface area contributed by atoms with E-state index in [1.165, 1.54) is 29.2 Å². The number of hydrogen-bond donors (Lipinski definition) is 2. The van der Waals surface area contributed by atoms with Crippen molar-refractivity contribution in [2.45, 2.75) is 12.7 Å². The van der Waals surface area contributed by atoms with Crippen LogP contribution in [0.1, 0.15) is 11.4 Å². The van der Waals surface area contributed by atoms with Crippen LogP contribution in [0.5, 0.6) is 0 Å². The van der Waals surface area contributed by atoms with E-state index in [0.29, 0.717) is 33.0 Å². The van der Waals surface area contributed by atoms with E-state index in [4.69, 9.17) is 0 Å². The fourth-order valence-corrected chi connectivity index (χ4v) is 5.47. The van der Waals surface area contributed by atoms with E-state index in [1.54, 1.807) is 30.4 Å². The molecule has 0 bridgehead atoms. The number of benzene rings is 1. The minimum Gasteiger partial charge on any atom is -0.325 e. The number of nitrogens with zero attached hydrogens (tertiary/aromatic N) is 2. The third kappa shape index (κ3) is 4.68. The fourth-order valence-electron chi connectivity index (χ4n) is 3.00. The summed E-state index contributed by atoms with van der Waals surface area (Å²) in [5.41, 5.74) is 1.55. The van der Waals surface area contributed by atoms with Crippen molar-refractivity contribution in [1.82, 2.24) is 9.97 Å². The number of thiophene rings is 2. The van der Waals surface area contributed by atoms with Crippen LogP contribution in [0.3, 0.4) is 0 Å². The van der Waals surface area contributed by atoms with Crippen molar-refractivity contribution in [3.05, 3.63) is 72.9 Å². The van der Waals surface area contributed by atoms with Gasteiger partial charge in [-0.1, -0.05) is 12.1 Å². The van der Waals surface area contributed by atoms with Crippen molar-refractivity contribution in [3.8, 4) is 10.4 Å². The topological polar surface area (TPSA) is 118 Å². The summed E-state index contributed by atoms with van der Waals surface area (Å²) >= 11 is 4.29. The summed E-state index contributed by atoms with van der Waals surface area (Å²) in [6.07, 6.45) is 0. The Kier molecular flexibility index (Phi) is 6.16. The molecule has 0 aliphatic carbocycles. The largest absolute Gasteiger partial charge is 0.325 e. The molecule has 0 fully saturated rings. The molecule has 8 nitrogen and oxygen atoms in total. The number of thioether (sulfide) groups is 1. The number of hydrogen-bond acceptors (Lipinski definition) is 8. The van der Waals surface area contributed by atoms with Crippen LogP contribution >= 0.6 is 34.4 Å². The maximum atomic E-state index is 12.6. The number of nitro groups is 1. The van der Waals surface area contributed by atoms with Crippen molar-refractivity contribution >= 4 is 61.9 Å². The van der Waals surface area contributed by atoms with Gasteiger partial charge in [0.1, 0.15) is 10.7 Å². The van der Waals surface area contributed by atoms with Gasteiger partial charge in [0.05, 0.1) is 21.8 Å². The average molecular weight is 473 g/mol. The molecule has 0 aliphatic heterocycles. The average Bonchev–Trinajstić information content (AvgIpc) is 3.39. The predicted molar refractivity (Wildman–Crippen MR) is 126 cm³/mol. The second kappa shape index (κ2) is 9.00. The first-order chi connectivity index (χ1) is 14.9. The number of aromatic amines is 1. The number of nitrogens with one attached hydrogen (secondary N) is 2. The van der Waals surface area contributed by atoms with Crippen LogP contribution in [-0.4, -0.2) is 26.6 Å². The van der Waals surface area contributed by atoms with Gasteiger partial charge in [-0.2, -0.15) is 0 Å². The summed E-state index contributed by atoms with van der Waals surface area (Å²) in [4.78, 5) is 44.4.